The van der Waals surface area contributed by atoms with Crippen molar-refractivity contribution in [3.05, 3.63) is 28.2 Å². The minimum Gasteiger partial charge on any atom is -0.372 e. The lowest BCUT2D eigenvalue weighted by Gasteiger charge is -2.27. The van der Waals surface area contributed by atoms with Crippen LogP contribution in [0.25, 0.3) is 0 Å². The van der Waals surface area contributed by atoms with Gasteiger partial charge in [0.05, 0.1) is 0 Å². The zero-order valence-corrected chi connectivity index (χ0v) is 14.8. The molecule has 0 amide bonds. The molecular formula is C16H28BrN3. The largest absolute Gasteiger partial charge is 0.372 e. The van der Waals surface area contributed by atoms with E-state index in [4.69, 9.17) is 5.73 Å². The van der Waals surface area contributed by atoms with Gasteiger partial charge in [-0.2, -0.15) is 0 Å². The zero-order valence-electron chi connectivity index (χ0n) is 13.2. The summed E-state index contributed by atoms with van der Waals surface area (Å²) < 4.78 is 1.13. The Hall–Kier alpha value is -0.580. The van der Waals surface area contributed by atoms with Crippen LogP contribution in [0.5, 0.6) is 0 Å². The van der Waals surface area contributed by atoms with Gasteiger partial charge in [-0.1, -0.05) is 22.0 Å². The number of rotatable bonds is 8. The Morgan fingerprint density at radius 3 is 2.50 bits per heavy atom. The standard InChI is InChI=1S/C16H28BrN3/c1-5-20(10-6-9-19(3)4)16-12-15(17)8-7-14(16)11-13(2)18/h7-8,12-13H,5-6,9-11,18H2,1-4H3. The third kappa shape index (κ3) is 5.81. The molecule has 1 rings (SSSR count). The van der Waals surface area contributed by atoms with E-state index in [9.17, 15) is 0 Å². The van der Waals surface area contributed by atoms with Gasteiger partial charge in [-0.15, -0.1) is 0 Å². The van der Waals surface area contributed by atoms with Gasteiger partial charge >= 0.3 is 0 Å². The summed E-state index contributed by atoms with van der Waals surface area (Å²) in [6.07, 6.45) is 2.10. The van der Waals surface area contributed by atoms with Crippen LogP contribution in [-0.4, -0.2) is 44.7 Å². The van der Waals surface area contributed by atoms with Gasteiger partial charge in [0.1, 0.15) is 0 Å². The number of nitrogens with zero attached hydrogens (tertiary/aromatic N) is 2. The minimum absolute atomic E-state index is 0.190. The van der Waals surface area contributed by atoms with Crippen molar-refractivity contribution in [3.8, 4) is 0 Å². The van der Waals surface area contributed by atoms with Gasteiger partial charge in [0.25, 0.3) is 0 Å². The van der Waals surface area contributed by atoms with E-state index in [-0.39, 0.29) is 6.04 Å². The van der Waals surface area contributed by atoms with E-state index in [0.717, 1.165) is 30.5 Å². The maximum Gasteiger partial charge on any atom is 0.0410 e. The first-order valence-corrected chi connectivity index (χ1v) is 8.17. The highest BCUT2D eigenvalue weighted by atomic mass is 79.9. The van der Waals surface area contributed by atoms with Crippen molar-refractivity contribution in [3.63, 3.8) is 0 Å². The summed E-state index contributed by atoms with van der Waals surface area (Å²) in [6, 6.07) is 6.71. The van der Waals surface area contributed by atoms with Gasteiger partial charge < -0.3 is 15.5 Å². The van der Waals surface area contributed by atoms with Crippen LogP contribution in [0, 0.1) is 0 Å². The zero-order chi connectivity index (χ0) is 15.1. The second-order valence-electron chi connectivity index (χ2n) is 5.69. The predicted molar refractivity (Wildman–Crippen MR) is 92.6 cm³/mol. The molecule has 0 saturated heterocycles. The van der Waals surface area contributed by atoms with Crippen LogP contribution in [0.4, 0.5) is 5.69 Å². The van der Waals surface area contributed by atoms with Crippen molar-refractivity contribution in [1.29, 1.82) is 0 Å². The molecule has 0 aromatic heterocycles. The van der Waals surface area contributed by atoms with Gasteiger partial charge in [-0.25, -0.2) is 0 Å². The van der Waals surface area contributed by atoms with Crippen LogP contribution in [-0.2, 0) is 6.42 Å². The molecule has 0 radical (unpaired) electrons. The smallest absolute Gasteiger partial charge is 0.0410 e. The van der Waals surface area contributed by atoms with Gasteiger partial charge in [0.15, 0.2) is 0 Å². The number of anilines is 1. The summed E-state index contributed by atoms with van der Waals surface area (Å²) in [5.74, 6) is 0. The molecule has 0 aliphatic heterocycles. The average molecular weight is 342 g/mol. The number of hydrogen-bond acceptors (Lipinski definition) is 3. The minimum atomic E-state index is 0.190. The summed E-state index contributed by atoms with van der Waals surface area (Å²) in [7, 11) is 4.24. The Balaban J connectivity index is 2.85. The van der Waals surface area contributed by atoms with Crippen LogP contribution in [0.1, 0.15) is 25.8 Å². The topological polar surface area (TPSA) is 32.5 Å². The highest BCUT2D eigenvalue weighted by Crippen LogP contribution is 2.26. The van der Waals surface area contributed by atoms with Crippen molar-refractivity contribution in [2.45, 2.75) is 32.7 Å². The molecule has 0 fully saturated rings. The molecule has 0 saturated carbocycles. The fourth-order valence-corrected chi connectivity index (χ4v) is 2.73. The average Bonchev–Trinajstić information content (AvgIpc) is 2.36. The van der Waals surface area contributed by atoms with Crippen molar-refractivity contribution >= 4 is 21.6 Å². The SMILES string of the molecule is CCN(CCCN(C)C)c1cc(Br)ccc1CC(C)N. The fourth-order valence-electron chi connectivity index (χ4n) is 2.38. The van der Waals surface area contributed by atoms with E-state index < -0.39 is 0 Å². The number of nitrogens with two attached hydrogens (primary N) is 1. The van der Waals surface area contributed by atoms with Crippen molar-refractivity contribution in [2.75, 3.05) is 38.6 Å². The fraction of sp³-hybridized carbons (Fsp3) is 0.625. The first kappa shape index (κ1) is 17.5. The molecule has 0 bridgehead atoms. The number of hydrogen-bond donors (Lipinski definition) is 1. The second-order valence-corrected chi connectivity index (χ2v) is 6.61. The lowest BCUT2D eigenvalue weighted by atomic mass is 10.0. The van der Waals surface area contributed by atoms with Crippen LogP contribution in [0.2, 0.25) is 0 Å². The summed E-state index contributed by atoms with van der Waals surface area (Å²) in [4.78, 5) is 4.68. The molecular weight excluding hydrogens is 314 g/mol. The predicted octanol–water partition coefficient (Wildman–Crippen LogP) is 3.12. The van der Waals surface area contributed by atoms with Crippen molar-refractivity contribution in [1.82, 2.24) is 4.90 Å². The quantitative estimate of drug-likeness (QED) is 0.788. The Morgan fingerprint density at radius 2 is 1.95 bits per heavy atom. The molecule has 1 unspecified atom stereocenters. The molecule has 4 heteroatoms. The van der Waals surface area contributed by atoms with Gasteiger partial charge in [0, 0.05) is 29.3 Å². The van der Waals surface area contributed by atoms with Crippen LogP contribution < -0.4 is 10.6 Å². The van der Waals surface area contributed by atoms with E-state index in [1.807, 2.05) is 0 Å². The Morgan fingerprint density at radius 1 is 1.25 bits per heavy atom. The third-order valence-electron chi connectivity index (χ3n) is 3.35. The highest BCUT2D eigenvalue weighted by molar-refractivity contribution is 9.10. The molecule has 20 heavy (non-hydrogen) atoms. The highest BCUT2D eigenvalue weighted by Gasteiger charge is 2.12. The molecule has 114 valence electrons. The van der Waals surface area contributed by atoms with Gasteiger partial charge in [-0.3, -0.25) is 0 Å². The van der Waals surface area contributed by atoms with Crippen LogP contribution in [0.15, 0.2) is 22.7 Å². The van der Waals surface area contributed by atoms with Crippen LogP contribution >= 0.6 is 15.9 Å². The maximum absolute atomic E-state index is 5.98. The van der Waals surface area contributed by atoms with E-state index in [1.54, 1.807) is 0 Å². The molecule has 0 aliphatic rings. The van der Waals surface area contributed by atoms with Gasteiger partial charge in [0.2, 0.25) is 0 Å². The Kier molecular flexibility index (Phi) is 7.56. The molecule has 1 aromatic rings. The van der Waals surface area contributed by atoms with Crippen molar-refractivity contribution < 1.29 is 0 Å². The lowest BCUT2D eigenvalue weighted by molar-refractivity contribution is 0.400. The normalized spacial score (nSPS) is 12.8. The molecule has 1 atom stereocenters. The van der Waals surface area contributed by atoms with E-state index in [1.165, 1.54) is 17.7 Å². The number of halogens is 1. The molecule has 2 N–H and O–H groups in total. The maximum atomic E-state index is 5.98. The molecule has 1 aromatic carbocycles. The molecule has 3 nitrogen and oxygen atoms in total. The second kappa shape index (κ2) is 8.65. The molecule has 0 aliphatic carbocycles. The first-order valence-electron chi connectivity index (χ1n) is 7.37. The lowest BCUT2D eigenvalue weighted by Crippen LogP contribution is -2.29. The summed E-state index contributed by atoms with van der Waals surface area (Å²) >= 11 is 3.59. The van der Waals surface area contributed by atoms with E-state index in [2.05, 4.69) is 71.9 Å². The van der Waals surface area contributed by atoms with Crippen LogP contribution in [0.3, 0.4) is 0 Å². The monoisotopic (exact) mass is 341 g/mol. The molecule has 0 heterocycles. The third-order valence-corrected chi connectivity index (χ3v) is 3.84. The first-order chi connectivity index (χ1) is 9.43. The number of benzene rings is 1. The summed E-state index contributed by atoms with van der Waals surface area (Å²) in [6.45, 7) is 7.50. The summed E-state index contributed by atoms with van der Waals surface area (Å²) in [5.41, 5.74) is 8.64. The Bertz CT molecular complexity index is 405. The van der Waals surface area contributed by atoms with E-state index >= 15 is 0 Å². The van der Waals surface area contributed by atoms with E-state index in [0.29, 0.717) is 0 Å². The molecule has 0 spiro atoms. The van der Waals surface area contributed by atoms with Gasteiger partial charge in [-0.05, 0) is 65.0 Å². The summed E-state index contributed by atoms with van der Waals surface area (Å²) in [5, 5.41) is 0. The Labute approximate surface area is 132 Å². The van der Waals surface area contributed by atoms with Crippen molar-refractivity contribution in [2.24, 2.45) is 5.73 Å².